The lowest BCUT2D eigenvalue weighted by Crippen LogP contribution is -2.32. The summed E-state index contributed by atoms with van der Waals surface area (Å²) < 4.78 is 55.6. The Hall–Kier alpha value is -4.46. The number of hydrogen-bond donors (Lipinski definition) is 2. The molecule has 1 amide bonds. The van der Waals surface area contributed by atoms with Crippen molar-refractivity contribution in [2.75, 3.05) is 0 Å². The first-order valence-corrected chi connectivity index (χ1v) is 12.0. The fourth-order valence-corrected chi connectivity index (χ4v) is 4.75. The van der Waals surface area contributed by atoms with E-state index in [1.807, 2.05) is 0 Å². The molecule has 2 aromatic heterocycles. The van der Waals surface area contributed by atoms with Gasteiger partial charge in [-0.3, -0.25) is 9.78 Å². The maximum atomic E-state index is 14.0. The minimum atomic E-state index is -0.772. The van der Waals surface area contributed by atoms with Gasteiger partial charge in [0.15, 0.2) is 0 Å². The van der Waals surface area contributed by atoms with Crippen LogP contribution >= 0.6 is 0 Å². The minimum absolute atomic E-state index is 0.0488. The summed E-state index contributed by atoms with van der Waals surface area (Å²) in [5.41, 5.74) is 4.12. The second-order valence-corrected chi connectivity index (χ2v) is 9.18. The molecule has 3 aromatic carbocycles. The molecule has 0 saturated heterocycles. The van der Waals surface area contributed by atoms with Crippen molar-refractivity contribution < 1.29 is 22.4 Å². The van der Waals surface area contributed by atoms with E-state index in [2.05, 4.69) is 15.3 Å². The van der Waals surface area contributed by atoms with Gasteiger partial charge in [0.2, 0.25) is 5.91 Å². The largest absolute Gasteiger partial charge is 0.361 e. The molecule has 5 aromatic rings. The molecule has 8 heteroatoms. The molecule has 2 N–H and O–H groups in total. The number of aryl methyl sites for hydroxylation is 1. The zero-order valence-corrected chi connectivity index (χ0v) is 20.4. The van der Waals surface area contributed by atoms with Gasteiger partial charge >= 0.3 is 0 Å². The van der Waals surface area contributed by atoms with Gasteiger partial charge < -0.3 is 10.3 Å². The van der Waals surface area contributed by atoms with Crippen molar-refractivity contribution in [3.63, 3.8) is 0 Å². The van der Waals surface area contributed by atoms with Crippen LogP contribution in [0.3, 0.4) is 0 Å². The Kier molecular flexibility index (Phi) is 6.96. The average molecular weight is 518 g/mol. The van der Waals surface area contributed by atoms with Crippen molar-refractivity contribution in [1.82, 2.24) is 15.3 Å². The van der Waals surface area contributed by atoms with Crippen molar-refractivity contribution in [1.29, 1.82) is 0 Å². The number of fused-ring (bicyclic) bond motifs is 1. The maximum Gasteiger partial charge on any atom is 0.225 e. The normalized spacial score (nSPS) is 12.0. The van der Waals surface area contributed by atoms with Gasteiger partial charge in [-0.25, -0.2) is 17.6 Å². The van der Waals surface area contributed by atoms with Crippen LogP contribution in [-0.2, 0) is 17.6 Å². The molecule has 0 spiro atoms. The number of hydrogen-bond acceptors (Lipinski definition) is 2. The second kappa shape index (κ2) is 10.5. The third-order valence-corrected chi connectivity index (χ3v) is 6.43. The predicted octanol–water partition coefficient (Wildman–Crippen LogP) is 6.74. The number of carbonyl (C=O) groups is 1. The van der Waals surface area contributed by atoms with E-state index in [-0.39, 0.29) is 24.6 Å². The summed E-state index contributed by atoms with van der Waals surface area (Å²) in [5, 5.41) is 3.54. The Labute approximate surface area is 216 Å². The number of rotatable bonds is 7. The van der Waals surface area contributed by atoms with Crippen LogP contribution in [0.15, 0.2) is 79.1 Å². The van der Waals surface area contributed by atoms with Gasteiger partial charge in [0.05, 0.1) is 18.2 Å². The summed E-state index contributed by atoms with van der Waals surface area (Å²) in [7, 11) is 0. The van der Waals surface area contributed by atoms with Crippen molar-refractivity contribution in [3.05, 3.63) is 125 Å². The highest BCUT2D eigenvalue weighted by Crippen LogP contribution is 2.32. The lowest BCUT2D eigenvalue weighted by molar-refractivity contribution is -0.121. The van der Waals surface area contributed by atoms with Gasteiger partial charge in [0.25, 0.3) is 0 Å². The molecule has 0 aliphatic heterocycles. The third kappa shape index (κ3) is 5.44. The fraction of sp³-hybridized carbons (Fsp3) is 0.133. The van der Waals surface area contributed by atoms with Gasteiger partial charge in [-0.05, 0) is 84.1 Å². The molecule has 4 nitrogen and oxygen atoms in total. The van der Waals surface area contributed by atoms with Crippen LogP contribution in [-0.4, -0.2) is 15.9 Å². The first-order chi connectivity index (χ1) is 18.3. The molecule has 0 fully saturated rings. The molecule has 0 saturated carbocycles. The maximum absolute atomic E-state index is 14.0. The minimum Gasteiger partial charge on any atom is -0.361 e. The highest BCUT2D eigenvalue weighted by molar-refractivity contribution is 5.89. The number of carbonyl (C=O) groups excluding carboxylic acids is 1. The molecule has 0 bridgehead atoms. The topological polar surface area (TPSA) is 57.8 Å². The lowest BCUT2D eigenvalue weighted by Gasteiger charge is -2.22. The fourth-order valence-electron chi connectivity index (χ4n) is 4.75. The highest BCUT2D eigenvalue weighted by Gasteiger charge is 2.23. The van der Waals surface area contributed by atoms with Crippen LogP contribution in [0.5, 0.6) is 0 Å². The third-order valence-electron chi connectivity index (χ3n) is 6.43. The summed E-state index contributed by atoms with van der Waals surface area (Å²) in [6.45, 7) is 1.76. The Morgan fingerprint density at radius 3 is 2.39 bits per heavy atom. The number of benzene rings is 3. The van der Waals surface area contributed by atoms with Crippen LogP contribution < -0.4 is 5.32 Å². The van der Waals surface area contributed by atoms with Crippen LogP contribution in [0.25, 0.3) is 22.0 Å². The average Bonchev–Trinajstić information content (AvgIpc) is 3.24. The first kappa shape index (κ1) is 25.2. The van der Waals surface area contributed by atoms with E-state index < -0.39 is 23.5 Å². The highest BCUT2D eigenvalue weighted by atomic mass is 19.1. The molecule has 192 valence electrons. The number of nitrogens with zero attached hydrogens (tertiary/aromatic N) is 1. The van der Waals surface area contributed by atoms with Gasteiger partial charge in [-0.15, -0.1) is 0 Å². The number of halogens is 4. The SMILES string of the molecule is Cc1cc(F)ccc1-c1cccnc1C(Cc1cc(F)cc(F)c1)NC(=O)Cc1c[nH]c2ccc(F)cc12. The van der Waals surface area contributed by atoms with E-state index in [1.54, 1.807) is 43.6 Å². The lowest BCUT2D eigenvalue weighted by atomic mass is 9.93. The number of H-pyrrole nitrogens is 1. The molecule has 0 radical (unpaired) electrons. The molecular formula is C30H23F4N3O. The number of aromatic nitrogens is 2. The standard InChI is InChI=1S/C30H23F4N3O/c1-17-9-20(31)4-6-24(17)25-3-2-8-35-30(25)28(12-18-10-22(33)14-23(34)11-18)37-29(38)13-19-16-36-27-7-5-21(32)15-26(19)27/h2-11,14-16,28,36H,12-13H2,1H3,(H,37,38). The van der Waals surface area contributed by atoms with E-state index >= 15 is 0 Å². The quantitative estimate of drug-likeness (QED) is 0.235. The molecule has 0 aliphatic rings. The zero-order chi connectivity index (χ0) is 26.8. The van der Waals surface area contributed by atoms with Crippen LogP contribution in [0, 0.1) is 30.2 Å². The molecule has 1 unspecified atom stereocenters. The van der Waals surface area contributed by atoms with E-state index in [1.165, 1.54) is 36.4 Å². The molecule has 2 heterocycles. The molecular weight excluding hydrogens is 494 g/mol. The Morgan fingerprint density at radius 1 is 0.895 bits per heavy atom. The number of pyridine rings is 1. The summed E-state index contributed by atoms with van der Waals surface area (Å²) in [4.78, 5) is 20.8. The van der Waals surface area contributed by atoms with Gasteiger partial charge in [0, 0.05) is 34.9 Å². The molecule has 38 heavy (non-hydrogen) atoms. The summed E-state index contributed by atoms with van der Waals surface area (Å²) in [6.07, 6.45) is 3.20. The van der Waals surface area contributed by atoms with Crippen molar-refractivity contribution in [3.8, 4) is 11.1 Å². The molecule has 0 aliphatic carbocycles. The summed E-state index contributed by atoms with van der Waals surface area (Å²) >= 11 is 0. The Balaban J connectivity index is 1.52. The molecule has 5 rings (SSSR count). The van der Waals surface area contributed by atoms with Crippen molar-refractivity contribution in [2.45, 2.75) is 25.8 Å². The van der Waals surface area contributed by atoms with Crippen LogP contribution in [0.1, 0.15) is 28.4 Å². The summed E-state index contributed by atoms with van der Waals surface area (Å²) in [6, 6.07) is 14.6. The number of aromatic amines is 1. The van der Waals surface area contributed by atoms with E-state index in [4.69, 9.17) is 0 Å². The number of amides is 1. The second-order valence-electron chi connectivity index (χ2n) is 9.18. The van der Waals surface area contributed by atoms with Crippen LogP contribution in [0.2, 0.25) is 0 Å². The first-order valence-electron chi connectivity index (χ1n) is 12.0. The zero-order valence-electron chi connectivity index (χ0n) is 20.4. The van der Waals surface area contributed by atoms with Gasteiger partial charge in [-0.2, -0.15) is 0 Å². The number of nitrogens with one attached hydrogen (secondary N) is 2. The smallest absolute Gasteiger partial charge is 0.225 e. The van der Waals surface area contributed by atoms with E-state index in [9.17, 15) is 22.4 Å². The van der Waals surface area contributed by atoms with Crippen molar-refractivity contribution in [2.24, 2.45) is 0 Å². The predicted molar refractivity (Wildman–Crippen MR) is 137 cm³/mol. The van der Waals surface area contributed by atoms with Crippen LogP contribution in [0.4, 0.5) is 17.6 Å². The van der Waals surface area contributed by atoms with Gasteiger partial charge in [-0.1, -0.05) is 12.1 Å². The monoisotopic (exact) mass is 517 g/mol. The Bertz CT molecular complexity index is 1630. The van der Waals surface area contributed by atoms with E-state index in [0.29, 0.717) is 44.4 Å². The Morgan fingerprint density at radius 2 is 1.63 bits per heavy atom. The van der Waals surface area contributed by atoms with Crippen molar-refractivity contribution >= 4 is 16.8 Å². The van der Waals surface area contributed by atoms with Gasteiger partial charge in [0.1, 0.15) is 23.3 Å². The van der Waals surface area contributed by atoms with E-state index in [0.717, 1.165) is 6.07 Å². The molecule has 1 atom stereocenters. The summed E-state index contributed by atoms with van der Waals surface area (Å²) in [5.74, 6) is -2.66.